The molecule has 1 atom stereocenters. The smallest absolute Gasteiger partial charge is 0.325 e. The minimum Gasteiger partial charge on any atom is -0.325 e. The number of nitrogens with zero attached hydrogens (tertiary/aromatic N) is 2. The molecule has 1 aromatic heterocycles. The number of alkyl halides is 3. The molecule has 2 rings (SSSR count). The Labute approximate surface area is 93.5 Å². The lowest BCUT2D eigenvalue weighted by atomic mass is 10.3. The van der Waals surface area contributed by atoms with E-state index in [2.05, 4.69) is 20.0 Å². The molecule has 8 heteroatoms. The van der Waals surface area contributed by atoms with Crippen LogP contribution in [0.3, 0.4) is 0 Å². The fraction of sp³-hybridized carbons (Fsp3) is 0.250. The van der Waals surface area contributed by atoms with Gasteiger partial charge in [0.1, 0.15) is 5.82 Å². The Kier molecular flexibility index (Phi) is 2.76. The number of pyridine rings is 1. The molecule has 16 heavy (non-hydrogen) atoms. The lowest BCUT2D eigenvalue weighted by Gasteiger charge is -2.29. The molecule has 1 aliphatic rings. The molecule has 0 amide bonds. The minimum absolute atomic E-state index is 0.104. The minimum atomic E-state index is -4.55. The monoisotopic (exact) mass is 248 g/mol. The van der Waals surface area contributed by atoms with Crippen molar-refractivity contribution < 1.29 is 13.2 Å². The van der Waals surface area contributed by atoms with Gasteiger partial charge in [-0.15, -0.1) is 0 Å². The lowest BCUT2D eigenvalue weighted by molar-refractivity contribution is -0.178. The van der Waals surface area contributed by atoms with Crippen molar-refractivity contribution in [2.24, 2.45) is 4.99 Å². The average Bonchev–Trinajstić information content (AvgIpc) is 2.68. The molecule has 2 N–H and O–H groups in total. The van der Waals surface area contributed by atoms with Crippen LogP contribution in [0.25, 0.3) is 0 Å². The standard InChI is InChI=1S/C8H7F3N4S/c9-7(10,11)8(13-5-16-15-8)14-6-3-1-2-4-12-6/h1-5,15H,(H,12,14). The van der Waals surface area contributed by atoms with Crippen molar-refractivity contribution >= 4 is 23.3 Å². The van der Waals surface area contributed by atoms with E-state index in [1.165, 1.54) is 12.3 Å². The Balaban J connectivity index is 2.26. The van der Waals surface area contributed by atoms with Crippen LogP contribution in [0.5, 0.6) is 0 Å². The van der Waals surface area contributed by atoms with E-state index in [1.54, 1.807) is 12.1 Å². The van der Waals surface area contributed by atoms with Gasteiger partial charge in [0.15, 0.2) is 0 Å². The predicted octanol–water partition coefficient (Wildman–Crippen LogP) is 1.99. The van der Waals surface area contributed by atoms with Crippen molar-refractivity contribution in [2.75, 3.05) is 5.32 Å². The van der Waals surface area contributed by atoms with Crippen LogP contribution in [0.1, 0.15) is 0 Å². The average molecular weight is 248 g/mol. The third-order valence-corrected chi connectivity index (χ3v) is 2.51. The lowest BCUT2D eigenvalue weighted by Crippen LogP contribution is -2.57. The van der Waals surface area contributed by atoms with Crippen LogP contribution in [0.4, 0.5) is 19.0 Å². The summed E-state index contributed by atoms with van der Waals surface area (Å²) in [5.74, 6) is -2.39. The van der Waals surface area contributed by atoms with Crippen LogP contribution in [-0.4, -0.2) is 22.5 Å². The first kappa shape index (κ1) is 11.2. The Morgan fingerprint density at radius 1 is 1.38 bits per heavy atom. The second-order valence-electron chi connectivity index (χ2n) is 3.00. The van der Waals surface area contributed by atoms with E-state index >= 15 is 0 Å². The molecule has 0 saturated carbocycles. The zero-order valence-electron chi connectivity index (χ0n) is 7.82. The fourth-order valence-corrected chi connectivity index (χ4v) is 1.78. The van der Waals surface area contributed by atoms with Gasteiger partial charge >= 0.3 is 6.18 Å². The van der Waals surface area contributed by atoms with E-state index in [1.807, 2.05) is 0 Å². The van der Waals surface area contributed by atoms with Gasteiger partial charge in [0.25, 0.3) is 5.79 Å². The summed E-state index contributed by atoms with van der Waals surface area (Å²) in [6, 6.07) is 4.64. The summed E-state index contributed by atoms with van der Waals surface area (Å²) in [4.78, 5) is 7.15. The van der Waals surface area contributed by atoms with Crippen LogP contribution < -0.4 is 10.0 Å². The second kappa shape index (κ2) is 3.95. The second-order valence-corrected chi connectivity index (χ2v) is 3.65. The Morgan fingerprint density at radius 2 is 2.19 bits per heavy atom. The van der Waals surface area contributed by atoms with Gasteiger partial charge in [0.05, 0.1) is 5.55 Å². The molecule has 0 radical (unpaired) electrons. The maximum Gasteiger partial charge on any atom is 0.448 e. The van der Waals surface area contributed by atoms with Crippen molar-refractivity contribution in [1.82, 2.24) is 9.71 Å². The van der Waals surface area contributed by atoms with Gasteiger partial charge < -0.3 is 5.32 Å². The molecular weight excluding hydrogens is 241 g/mol. The van der Waals surface area contributed by atoms with E-state index in [9.17, 15) is 13.2 Å². The third kappa shape index (κ3) is 1.98. The van der Waals surface area contributed by atoms with E-state index in [4.69, 9.17) is 0 Å². The van der Waals surface area contributed by atoms with Crippen molar-refractivity contribution in [2.45, 2.75) is 12.0 Å². The number of aromatic nitrogens is 1. The molecule has 0 aromatic carbocycles. The number of anilines is 1. The highest BCUT2D eigenvalue weighted by Gasteiger charge is 2.57. The number of hydrogen-bond donors (Lipinski definition) is 2. The van der Waals surface area contributed by atoms with Gasteiger partial charge in [-0.1, -0.05) is 6.07 Å². The van der Waals surface area contributed by atoms with Gasteiger partial charge in [-0.3, -0.25) is 0 Å². The van der Waals surface area contributed by atoms with Crippen LogP contribution in [-0.2, 0) is 0 Å². The maximum atomic E-state index is 12.8. The molecular formula is C8H7F3N4S. The summed E-state index contributed by atoms with van der Waals surface area (Å²) in [5, 5.41) is 2.23. The first-order chi connectivity index (χ1) is 7.54. The van der Waals surface area contributed by atoms with E-state index in [0.29, 0.717) is 0 Å². The number of hydrogen-bond acceptors (Lipinski definition) is 5. The van der Waals surface area contributed by atoms with E-state index < -0.39 is 12.0 Å². The normalized spacial score (nSPS) is 24.7. The zero-order valence-corrected chi connectivity index (χ0v) is 8.64. The summed E-state index contributed by atoms with van der Waals surface area (Å²) in [7, 11) is 0. The topological polar surface area (TPSA) is 49.3 Å². The van der Waals surface area contributed by atoms with Crippen molar-refractivity contribution in [3.8, 4) is 0 Å². The Bertz CT molecular complexity index is 394. The molecule has 86 valence electrons. The van der Waals surface area contributed by atoms with Gasteiger partial charge in [0, 0.05) is 6.20 Å². The van der Waals surface area contributed by atoms with Gasteiger partial charge in [-0.25, -0.2) is 14.7 Å². The first-order valence-corrected chi connectivity index (χ1v) is 5.14. The number of aliphatic imine (C=N–C) groups is 1. The van der Waals surface area contributed by atoms with Gasteiger partial charge in [0.2, 0.25) is 0 Å². The molecule has 0 saturated heterocycles. The highest BCUT2D eigenvalue weighted by molar-refractivity contribution is 8.10. The quantitative estimate of drug-likeness (QED) is 0.786. The summed E-state index contributed by atoms with van der Waals surface area (Å²) in [6.07, 6.45) is -3.15. The van der Waals surface area contributed by atoms with Crippen LogP contribution in [0.15, 0.2) is 29.4 Å². The molecule has 4 nitrogen and oxygen atoms in total. The zero-order chi connectivity index (χ0) is 11.6. The molecule has 0 bridgehead atoms. The molecule has 0 aliphatic carbocycles. The van der Waals surface area contributed by atoms with Gasteiger partial charge in [-0.05, 0) is 24.1 Å². The van der Waals surface area contributed by atoms with Crippen molar-refractivity contribution in [3.05, 3.63) is 24.4 Å². The summed E-state index contributed by atoms with van der Waals surface area (Å²) < 4.78 is 40.6. The highest BCUT2D eigenvalue weighted by Crippen LogP contribution is 2.36. The van der Waals surface area contributed by atoms with Crippen molar-refractivity contribution in [1.29, 1.82) is 0 Å². The largest absolute Gasteiger partial charge is 0.448 e. The fourth-order valence-electron chi connectivity index (χ4n) is 1.13. The molecule has 1 aliphatic heterocycles. The predicted molar refractivity (Wildman–Crippen MR) is 55.9 cm³/mol. The Morgan fingerprint density at radius 3 is 2.69 bits per heavy atom. The molecule has 1 unspecified atom stereocenters. The van der Waals surface area contributed by atoms with E-state index in [0.717, 1.165) is 17.5 Å². The first-order valence-electron chi connectivity index (χ1n) is 4.26. The van der Waals surface area contributed by atoms with Crippen molar-refractivity contribution in [3.63, 3.8) is 0 Å². The van der Waals surface area contributed by atoms with Gasteiger partial charge in [-0.2, -0.15) is 13.2 Å². The van der Waals surface area contributed by atoms with Crippen LogP contribution in [0.2, 0.25) is 0 Å². The number of nitrogens with one attached hydrogen (secondary N) is 2. The number of halogens is 3. The Hall–Kier alpha value is -1.28. The summed E-state index contributed by atoms with van der Waals surface area (Å²) in [5.41, 5.74) is 1.10. The SMILES string of the molecule is FC(F)(F)C1(Nc2ccccn2)N=CSN1. The number of rotatable bonds is 2. The van der Waals surface area contributed by atoms with Crippen LogP contribution >= 0.6 is 11.9 Å². The molecule has 1 aromatic rings. The molecule has 0 spiro atoms. The molecule has 0 fully saturated rings. The maximum absolute atomic E-state index is 12.8. The highest BCUT2D eigenvalue weighted by atomic mass is 32.2. The summed E-state index contributed by atoms with van der Waals surface area (Å²) in [6.45, 7) is 0. The third-order valence-electron chi connectivity index (χ3n) is 1.89. The molecule has 2 heterocycles. The van der Waals surface area contributed by atoms with Crippen LogP contribution in [0, 0.1) is 0 Å². The summed E-state index contributed by atoms with van der Waals surface area (Å²) >= 11 is 0.775. The van der Waals surface area contributed by atoms with E-state index in [-0.39, 0.29) is 5.82 Å².